The molecule has 0 spiro atoms. The van der Waals surface area contributed by atoms with Gasteiger partial charge in [0.15, 0.2) is 0 Å². The summed E-state index contributed by atoms with van der Waals surface area (Å²) < 4.78 is 28.5. The highest BCUT2D eigenvalue weighted by atomic mass is 19.3. The Balaban J connectivity index is 1.69. The van der Waals surface area contributed by atoms with Crippen molar-refractivity contribution in [3.05, 3.63) is 71.8 Å². The Bertz CT molecular complexity index is 895. The summed E-state index contributed by atoms with van der Waals surface area (Å²) in [5.41, 5.74) is 0.895. The smallest absolute Gasteiger partial charge is 0.387 e. The summed E-state index contributed by atoms with van der Waals surface area (Å²) in [6, 6.07) is 16.5. The lowest BCUT2D eigenvalue weighted by atomic mass is 10.1. The standard InChI is InChI=1S/C19H15F2NO3/c20-19(21)25-15-7-5-12(6-8-15)11-22-18(24)16-9-13-3-1-2-4-14(13)10-17(16)23/h1-10,19,23H,11H2,(H,22,24). The molecule has 0 saturated heterocycles. The van der Waals surface area contributed by atoms with E-state index < -0.39 is 12.5 Å². The molecule has 25 heavy (non-hydrogen) atoms. The van der Waals surface area contributed by atoms with E-state index >= 15 is 0 Å². The van der Waals surface area contributed by atoms with E-state index in [0.717, 1.165) is 16.3 Å². The van der Waals surface area contributed by atoms with Crippen molar-refractivity contribution in [2.75, 3.05) is 0 Å². The minimum atomic E-state index is -2.87. The van der Waals surface area contributed by atoms with E-state index in [-0.39, 0.29) is 23.6 Å². The number of halogens is 2. The van der Waals surface area contributed by atoms with Gasteiger partial charge in [-0.05, 0) is 40.6 Å². The van der Waals surface area contributed by atoms with Gasteiger partial charge in [0.1, 0.15) is 11.5 Å². The Labute approximate surface area is 142 Å². The molecule has 0 saturated carbocycles. The average molecular weight is 343 g/mol. The van der Waals surface area contributed by atoms with Crippen LogP contribution in [0.15, 0.2) is 60.7 Å². The fraction of sp³-hybridized carbons (Fsp3) is 0.105. The first-order valence-corrected chi connectivity index (χ1v) is 7.56. The molecule has 0 fully saturated rings. The van der Waals surface area contributed by atoms with Crippen molar-refractivity contribution >= 4 is 16.7 Å². The summed E-state index contributed by atoms with van der Waals surface area (Å²) in [7, 11) is 0. The van der Waals surface area contributed by atoms with Crippen LogP contribution in [0.25, 0.3) is 10.8 Å². The Hall–Kier alpha value is -3.15. The summed E-state index contributed by atoms with van der Waals surface area (Å²) in [5, 5.41) is 14.4. The molecule has 0 aliphatic carbocycles. The predicted octanol–water partition coefficient (Wildman–Crippen LogP) is 4.08. The average Bonchev–Trinajstić information content (AvgIpc) is 2.60. The molecule has 6 heteroatoms. The molecule has 0 aliphatic rings. The number of hydrogen-bond donors (Lipinski definition) is 2. The third kappa shape index (κ3) is 4.03. The van der Waals surface area contributed by atoms with Gasteiger partial charge >= 0.3 is 6.61 Å². The van der Waals surface area contributed by atoms with Crippen molar-refractivity contribution in [2.24, 2.45) is 0 Å². The minimum absolute atomic E-state index is 0.0530. The van der Waals surface area contributed by atoms with Crippen LogP contribution in [0.4, 0.5) is 8.78 Å². The highest BCUT2D eigenvalue weighted by Gasteiger charge is 2.12. The summed E-state index contributed by atoms with van der Waals surface area (Å²) in [5.74, 6) is -0.467. The number of rotatable bonds is 5. The Morgan fingerprint density at radius 3 is 2.32 bits per heavy atom. The molecule has 0 bridgehead atoms. The van der Waals surface area contributed by atoms with E-state index in [9.17, 15) is 18.7 Å². The number of nitrogens with one attached hydrogen (secondary N) is 1. The fourth-order valence-electron chi connectivity index (χ4n) is 2.48. The van der Waals surface area contributed by atoms with E-state index in [1.807, 2.05) is 24.3 Å². The van der Waals surface area contributed by atoms with Crippen LogP contribution in [0.2, 0.25) is 0 Å². The molecular weight excluding hydrogens is 328 g/mol. The number of hydrogen-bond acceptors (Lipinski definition) is 3. The normalized spacial score (nSPS) is 10.8. The van der Waals surface area contributed by atoms with Crippen LogP contribution >= 0.6 is 0 Å². The number of fused-ring (bicyclic) bond motifs is 1. The second kappa shape index (κ2) is 7.17. The second-order valence-corrected chi connectivity index (χ2v) is 5.42. The zero-order chi connectivity index (χ0) is 17.8. The van der Waals surface area contributed by atoms with Crippen LogP contribution in [0.3, 0.4) is 0 Å². The quantitative estimate of drug-likeness (QED) is 0.734. The zero-order valence-corrected chi connectivity index (χ0v) is 13.1. The van der Waals surface area contributed by atoms with Crippen LogP contribution in [0.1, 0.15) is 15.9 Å². The summed E-state index contributed by atoms with van der Waals surface area (Å²) in [4.78, 5) is 12.3. The van der Waals surface area contributed by atoms with Crippen LogP contribution < -0.4 is 10.1 Å². The SMILES string of the molecule is O=C(NCc1ccc(OC(F)F)cc1)c1cc2ccccc2cc1O. The van der Waals surface area contributed by atoms with E-state index in [2.05, 4.69) is 10.1 Å². The number of benzene rings is 3. The molecule has 0 radical (unpaired) electrons. The van der Waals surface area contributed by atoms with Gasteiger partial charge in [-0.25, -0.2) is 0 Å². The molecule has 2 N–H and O–H groups in total. The van der Waals surface area contributed by atoms with Gasteiger partial charge in [-0.15, -0.1) is 0 Å². The van der Waals surface area contributed by atoms with Crippen LogP contribution in [-0.2, 0) is 6.54 Å². The maximum Gasteiger partial charge on any atom is 0.387 e. The molecule has 0 atom stereocenters. The summed E-state index contributed by atoms with van der Waals surface area (Å²) >= 11 is 0. The molecule has 3 rings (SSSR count). The first kappa shape index (κ1) is 16.7. The minimum Gasteiger partial charge on any atom is -0.507 e. The molecule has 4 nitrogen and oxygen atoms in total. The topological polar surface area (TPSA) is 58.6 Å². The lowest BCUT2D eigenvalue weighted by molar-refractivity contribution is -0.0498. The molecular formula is C19H15F2NO3. The molecule has 1 amide bonds. The molecule has 3 aromatic carbocycles. The van der Waals surface area contributed by atoms with Gasteiger partial charge in [-0.2, -0.15) is 8.78 Å². The van der Waals surface area contributed by atoms with Crippen molar-refractivity contribution in [3.63, 3.8) is 0 Å². The molecule has 0 unspecified atom stereocenters. The first-order chi connectivity index (χ1) is 12.0. The molecule has 0 aliphatic heterocycles. The van der Waals surface area contributed by atoms with Crippen molar-refractivity contribution in [2.45, 2.75) is 13.2 Å². The number of alkyl halides is 2. The first-order valence-electron chi connectivity index (χ1n) is 7.56. The predicted molar refractivity (Wildman–Crippen MR) is 89.9 cm³/mol. The Morgan fingerprint density at radius 1 is 1.04 bits per heavy atom. The van der Waals surface area contributed by atoms with Gasteiger partial charge in [0.05, 0.1) is 5.56 Å². The monoisotopic (exact) mass is 343 g/mol. The van der Waals surface area contributed by atoms with Gasteiger partial charge in [-0.1, -0.05) is 36.4 Å². The lowest BCUT2D eigenvalue weighted by Gasteiger charge is -2.09. The number of amides is 1. The van der Waals surface area contributed by atoms with Gasteiger partial charge < -0.3 is 15.2 Å². The van der Waals surface area contributed by atoms with Crippen molar-refractivity contribution in [3.8, 4) is 11.5 Å². The van der Waals surface area contributed by atoms with Crippen molar-refractivity contribution in [1.82, 2.24) is 5.32 Å². The van der Waals surface area contributed by atoms with E-state index in [0.29, 0.717) is 0 Å². The Morgan fingerprint density at radius 2 is 1.68 bits per heavy atom. The molecule has 3 aromatic rings. The maximum absolute atomic E-state index is 12.3. The lowest BCUT2D eigenvalue weighted by Crippen LogP contribution is -2.22. The van der Waals surface area contributed by atoms with Crippen molar-refractivity contribution < 1.29 is 23.4 Å². The van der Waals surface area contributed by atoms with E-state index in [1.54, 1.807) is 24.3 Å². The maximum atomic E-state index is 12.3. The van der Waals surface area contributed by atoms with E-state index in [4.69, 9.17) is 0 Å². The molecule has 128 valence electrons. The second-order valence-electron chi connectivity index (χ2n) is 5.42. The summed E-state index contributed by atoms with van der Waals surface area (Å²) in [6.45, 7) is -2.68. The number of carbonyl (C=O) groups excluding carboxylic acids is 1. The largest absolute Gasteiger partial charge is 0.507 e. The van der Waals surface area contributed by atoms with Crippen molar-refractivity contribution in [1.29, 1.82) is 0 Å². The molecule has 0 heterocycles. The zero-order valence-electron chi connectivity index (χ0n) is 13.1. The van der Waals surface area contributed by atoms with Crippen LogP contribution in [-0.4, -0.2) is 17.6 Å². The van der Waals surface area contributed by atoms with Crippen LogP contribution in [0, 0.1) is 0 Å². The highest BCUT2D eigenvalue weighted by Crippen LogP contribution is 2.25. The van der Waals surface area contributed by atoms with Gasteiger partial charge in [0.2, 0.25) is 0 Å². The number of ether oxygens (including phenoxy) is 1. The van der Waals surface area contributed by atoms with Gasteiger partial charge in [-0.3, -0.25) is 4.79 Å². The number of aromatic hydroxyl groups is 1. The Kier molecular flexibility index (Phi) is 4.79. The van der Waals surface area contributed by atoms with Crippen LogP contribution in [0.5, 0.6) is 11.5 Å². The number of phenolic OH excluding ortho intramolecular Hbond substituents is 1. The number of carbonyl (C=O) groups is 1. The van der Waals surface area contributed by atoms with Gasteiger partial charge in [0.25, 0.3) is 5.91 Å². The third-order valence-electron chi connectivity index (χ3n) is 3.71. The number of phenols is 1. The van der Waals surface area contributed by atoms with E-state index in [1.165, 1.54) is 12.1 Å². The summed E-state index contributed by atoms with van der Waals surface area (Å²) in [6.07, 6.45) is 0. The van der Waals surface area contributed by atoms with Gasteiger partial charge in [0, 0.05) is 6.54 Å². The highest BCUT2D eigenvalue weighted by molar-refractivity contribution is 6.01. The third-order valence-corrected chi connectivity index (χ3v) is 3.71. The fourth-order valence-corrected chi connectivity index (χ4v) is 2.48. The molecule has 0 aromatic heterocycles.